The summed E-state index contributed by atoms with van der Waals surface area (Å²) < 4.78 is 11.0. The molecule has 0 saturated heterocycles. The van der Waals surface area contributed by atoms with Crippen LogP contribution in [0.1, 0.15) is 49.3 Å². The molecule has 1 aromatic carbocycles. The Hall–Kier alpha value is -2.30. The van der Waals surface area contributed by atoms with Crippen molar-refractivity contribution in [3.63, 3.8) is 0 Å². The van der Waals surface area contributed by atoms with Crippen LogP contribution in [-0.4, -0.2) is 29.1 Å². The zero-order chi connectivity index (χ0) is 17.9. The highest BCUT2D eigenvalue weighted by Gasteiger charge is 2.21. The van der Waals surface area contributed by atoms with E-state index in [2.05, 4.69) is 25.1 Å². The number of hydrogen-bond acceptors (Lipinski definition) is 4. The van der Waals surface area contributed by atoms with Gasteiger partial charge in [0.2, 0.25) is 0 Å². The Morgan fingerprint density at radius 1 is 1.25 bits per heavy atom. The lowest BCUT2D eigenvalue weighted by molar-refractivity contribution is -0.137. The van der Waals surface area contributed by atoms with E-state index in [0.717, 1.165) is 22.8 Å². The van der Waals surface area contributed by atoms with Gasteiger partial charge in [0.25, 0.3) is 5.91 Å². The first-order chi connectivity index (χ1) is 11.3. The van der Waals surface area contributed by atoms with Gasteiger partial charge in [-0.25, -0.2) is 0 Å². The molecule has 0 bridgehead atoms. The van der Waals surface area contributed by atoms with Crippen LogP contribution in [0.4, 0.5) is 0 Å². The highest BCUT2D eigenvalue weighted by atomic mass is 16.5. The highest BCUT2D eigenvalue weighted by Crippen LogP contribution is 2.25. The van der Waals surface area contributed by atoms with Crippen molar-refractivity contribution in [2.75, 3.05) is 7.05 Å². The van der Waals surface area contributed by atoms with Crippen molar-refractivity contribution >= 4 is 5.91 Å². The van der Waals surface area contributed by atoms with E-state index in [0.29, 0.717) is 12.5 Å². The number of carbonyl (C=O) groups excluding carboxylic acids is 1. The van der Waals surface area contributed by atoms with Crippen molar-refractivity contribution in [1.29, 1.82) is 0 Å². The fourth-order valence-electron chi connectivity index (χ4n) is 2.47. The summed E-state index contributed by atoms with van der Waals surface area (Å²) in [6.07, 6.45) is -0.566. The van der Waals surface area contributed by atoms with Gasteiger partial charge in [0.15, 0.2) is 6.10 Å². The molecule has 24 heavy (non-hydrogen) atoms. The lowest BCUT2D eigenvalue weighted by Gasteiger charge is -2.22. The molecule has 0 spiro atoms. The van der Waals surface area contributed by atoms with E-state index >= 15 is 0 Å². The van der Waals surface area contributed by atoms with Gasteiger partial charge in [0.1, 0.15) is 17.2 Å². The van der Waals surface area contributed by atoms with Crippen LogP contribution in [0.3, 0.4) is 0 Å². The molecule has 1 unspecified atom stereocenters. The summed E-state index contributed by atoms with van der Waals surface area (Å²) in [4.78, 5) is 14.1. The molecule has 2 aromatic rings. The minimum atomic E-state index is -0.566. The van der Waals surface area contributed by atoms with E-state index in [1.807, 2.05) is 32.0 Å². The maximum atomic E-state index is 12.5. The number of carbonyl (C=O) groups is 1. The molecule has 5 heteroatoms. The molecule has 0 saturated carbocycles. The number of hydrogen-bond donors (Lipinski definition) is 0. The van der Waals surface area contributed by atoms with Crippen molar-refractivity contribution in [3.05, 3.63) is 46.8 Å². The largest absolute Gasteiger partial charge is 0.481 e. The van der Waals surface area contributed by atoms with Crippen LogP contribution < -0.4 is 4.74 Å². The Kier molecular flexibility index (Phi) is 5.65. The zero-order valence-electron chi connectivity index (χ0n) is 15.3. The Morgan fingerprint density at radius 2 is 1.96 bits per heavy atom. The predicted octanol–water partition coefficient (Wildman–Crippen LogP) is 3.84. The SMILES string of the molecule is Cc1cc(CN(C)C(=O)C(C)Oc2cc(C(C)C)ccc2C)no1. The Morgan fingerprint density at radius 3 is 2.54 bits per heavy atom. The number of ether oxygens (including phenoxy) is 1. The molecule has 1 atom stereocenters. The number of rotatable bonds is 6. The molecule has 5 nitrogen and oxygen atoms in total. The van der Waals surface area contributed by atoms with Crippen LogP contribution >= 0.6 is 0 Å². The molecule has 2 rings (SSSR count). The highest BCUT2D eigenvalue weighted by molar-refractivity contribution is 5.80. The average molecular weight is 330 g/mol. The number of aromatic nitrogens is 1. The monoisotopic (exact) mass is 330 g/mol. The molecule has 0 radical (unpaired) electrons. The molecule has 1 aromatic heterocycles. The van der Waals surface area contributed by atoms with Crippen molar-refractivity contribution in [1.82, 2.24) is 10.1 Å². The van der Waals surface area contributed by atoms with Crippen LogP contribution in [0.25, 0.3) is 0 Å². The summed E-state index contributed by atoms with van der Waals surface area (Å²) in [5.41, 5.74) is 2.95. The number of likely N-dealkylation sites (N-methyl/N-ethyl adjacent to an activating group) is 1. The molecule has 0 N–H and O–H groups in total. The molecule has 0 fully saturated rings. The molecular formula is C19H26N2O3. The summed E-state index contributed by atoms with van der Waals surface area (Å²) in [5, 5.41) is 3.92. The molecule has 130 valence electrons. The van der Waals surface area contributed by atoms with Crippen LogP contribution in [0.2, 0.25) is 0 Å². The fraction of sp³-hybridized carbons (Fsp3) is 0.474. The van der Waals surface area contributed by atoms with Crippen LogP contribution in [0, 0.1) is 13.8 Å². The first kappa shape index (κ1) is 18.0. The van der Waals surface area contributed by atoms with E-state index in [-0.39, 0.29) is 5.91 Å². The van der Waals surface area contributed by atoms with Crippen LogP contribution in [0.5, 0.6) is 5.75 Å². The first-order valence-corrected chi connectivity index (χ1v) is 8.22. The number of amides is 1. The van der Waals surface area contributed by atoms with E-state index in [9.17, 15) is 4.79 Å². The standard InChI is InChI=1S/C19H26N2O3/c1-12(2)16-8-7-13(3)18(10-16)23-15(5)19(22)21(6)11-17-9-14(4)24-20-17/h7-10,12,15H,11H2,1-6H3. The second kappa shape index (κ2) is 7.51. The van der Waals surface area contributed by atoms with Gasteiger partial charge in [-0.15, -0.1) is 0 Å². The summed E-state index contributed by atoms with van der Waals surface area (Å²) in [7, 11) is 1.74. The van der Waals surface area contributed by atoms with Crippen molar-refractivity contribution in [2.24, 2.45) is 0 Å². The summed E-state index contributed by atoms with van der Waals surface area (Å²) in [5.74, 6) is 1.81. The number of aryl methyl sites for hydroxylation is 2. The van der Waals surface area contributed by atoms with Gasteiger partial charge in [-0.1, -0.05) is 31.1 Å². The van der Waals surface area contributed by atoms with Crippen molar-refractivity contribution < 1.29 is 14.1 Å². The van der Waals surface area contributed by atoms with E-state index < -0.39 is 6.10 Å². The van der Waals surface area contributed by atoms with E-state index in [1.165, 1.54) is 5.56 Å². The van der Waals surface area contributed by atoms with E-state index in [1.54, 1.807) is 18.9 Å². The molecule has 1 amide bonds. The predicted molar refractivity (Wildman–Crippen MR) is 93.1 cm³/mol. The van der Waals surface area contributed by atoms with Gasteiger partial charge >= 0.3 is 0 Å². The van der Waals surface area contributed by atoms with Gasteiger partial charge in [0, 0.05) is 13.1 Å². The second-order valence-corrected chi connectivity index (χ2v) is 6.56. The van der Waals surface area contributed by atoms with Crippen molar-refractivity contribution in [2.45, 2.75) is 53.2 Å². The maximum absolute atomic E-state index is 12.5. The molecule has 0 aliphatic rings. The Bertz CT molecular complexity index is 706. The smallest absolute Gasteiger partial charge is 0.263 e. The van der Waals surface area contributed by atoms with Crippen LogP contribution in [0.15, 0.2) is 28.8 Å². The van der Waals surface area contributed by atoms with Gasteiger partial charge in [-0.2, -0.15) is 0 Å². The fourth-order valence-corrected chi connectivity index (χ4v) is 2.47. The lowest BCUT2D eigenvalue weighted by atomic mass is 10.0. The van der Waals surface area contributed by atoms with Gasteiger partial charge in [-0.3, -0.25) is 4.79 Å². The first-order valence-electron chi connectivity index (χ1n) is 8.22. The lowest BCUT2D eigenvalue weighted by Crippen LogP contribution is -2.37. The minimum absolute atomic E-state index is 0.0926. The summed E-state index contributed by atoms with van der Waals surface area (Å²) in [6, 6.07) is 7.97. The number of nitrogens with zero attached hydrogens (tertiary/aromatic N) is 2. The third-order valence-electron chi connectivity index (χ3n) is 3.98. The summed E-state index contributed by atoms with van der Waals surface area (Å²) in [6.45, 7) is 10.3. The summed E-state index contributed by atoms with van der Waals surface area (Å²) >= 11 is 0. The third kappa shape index (κ3) is 4.37. The second-order valence-electron chi connectivity index (χ2n) is 6.56. The normalized spacial score (nSPS) is 12.3. The molecule has 1 heterocycles. The van der Waals surface area contributed by atoms with Gasteiger partial charge in [-0.05, 0) is 43.9 Å². The molecule has 0 aliphatic heterocycles. The Labute approximate surface area is 143 Å². The van der Waals surface area contributed by atoms with Gasteiger partial charge in [0.05, 0.1) is 6.54 Å². The average Bonchev–Trinajstić information content (AvgIpc) is 2.93. The topological polar surface area (TPSA) is 55.6 Å². The molecule has 0 aliphatic carbocycles. The Balaban J connectivity index is 2.04. The van der Waals surface area contributed by atoms with Crippen LogP contribution in [-0.2, 0) is 11.3 Å². The minimum Gasteiger partial charge on any atom is -0.481 e. The zero-order valence-corrected chi connectivity index (χ0v) is 15.3. The van der Waals surface area contributed by atoms with Gasteiger partial charge < -0.3 is 14.2 Å². The molecular weight excluding hydrogens is 304 g/mol. The third-order valence-corrected chi connectivity index (χ3v) is 3.98. The maximum Gasteiger partial charge on any atom is 0.263 e. The number of benzene rings is 1. The quantitative estimate of drug-likeness (QED) is 0.807. The van der Waals surface area contributed by atoms with Crippen molar-refractivity contribution in [3.8, 4) is 5.75 Å². The van der Waals surface area contributed by atoms with E-state index in [4.69, 9.17) is 9.26 Å².